The van der Waals surface area contributed by atoms with Gasteiger partial charge in [-0.3, -0.25) is 18.6 Å². The van der Waals surface area contributed by atoms with Crippen molar-refractivity contribution in [3.05, 3.63) is 60.8 Å². The van der Waals surface area contributed by atoms with Crippen LogP contribution in [0.5, 0.6) is 0 Å². The average Bonchev–Trinajstić information content (AvgIpc) is 3.11. The predicted molar refractivity (Wildman–Crippen MR) is 210 cm³/mol. The zero-order valence-electron chi connectivity index (χ0n) is 32.1. The number of hydrogen-bond acceptors (Lipinski definition) is 8. The molecule has 0 heterocycles. The fourth-order valence-electron chi connectivity index (χ4n) is 4.97. The Morgan fingerprint density at radius 2 is 1.08 bits per heavy atom. The summed E-state index contributed by atoms with van der Waals surface area (Å²) in [6.45, 7) is 3.53. The van der Waals surface area contributed by atoms with Crippen molar-refractivity contribution in [2.75, 3.05) is 26.4 Å². The molecular formula is C41H72NO8P. The molecule has 0 fully saturated rings. The van der Waals surface area contributed by atoms with E-state index in [2.05, 4.69) is 74.6 Å². The van der Waals surface area contributed by atoms with E-state index in [-0.39, 0.29) is 32.6 Å². The van der Waals surface area contributed by atoms with Gasteiger partial charge < -0.3 is 20.1 Å². The summed E-state index contributed by atoms with van der Waals surface area (Å²) in [5.74, 6) is -0.893. The SMILES string of the molecule is CC/C=C/C/C=C/C/C=C/C/C=C/CCCCC(=O)O[C@H](COC(=O)CCCCCCC/C=C/CCCCCCCC)COP(=O)(O)OCCN. The minimum absolute atomic E-state index is 0.0429. The monoisotopic (exact) mass is 737 g/mol. The molecule has 9 nitrogen and oxygen atoms in total. The third kappa shape index (κ3) is 37.3. The van der Waals surface area contributed by atoms with Crippen LogP contribution in [0.1, 0.15) is 155 Å². The van der Waals surface area contributed by atoms with Crippen molar-refractivity contribution < 1.29 is 37.6 Å². The second-order valence-electron chi connectivity index (χ2n) is 12.8. The number of nitrogens with two attached hydrogens (primary N) is 1. The van der Waals surface area contributed by atoms with Crippen LogP contribution in [-0.4, -0.2) is 49.3 Å². The van der Waals surface area contributed by atoms with E-state index in [4.69, 9.17) is 24.3 Å². The van der Waals surface area contributed by atoms with Gasteiger partial charge in [0.15, 0.2) is 6.10 Å². The van der Waals surface area contributed by atoms with E-state index < -0.39 is 32.5 Å². The van der Waals surface area contributed by atoms with Gasteiger partial charge in [0, 0.05) is 19.4 Å². The first kappa shape index (κ1) is 48.7. The largest absolute Gasteiger partial charge is 0.472 e. The minimum atomic E-state index is -4.39. The van der Waals surface area contributed by atoms with Crippen LogP contribution in [0, 0.1) is 0 Å². The van der Waals surface area contributed by atoms with Crippen LogP contribution in [0.2, 0.25) is 0 Å². The fourth-order valence-corrected chi connectivity index (χ4v) is 5.74. The van der Waals surface area contributed by atoms with Crippen LogP contribution in [0.25, 0.3) is 0 Å². The Hall–Kier alpha value is -2.29. The Labute approximate surface area is 310 Å². The quantitative estimate of drug-likeness (QED) is 0.0279. The Morgan fingerprint density at radius 1 is 0.608 bits per heavy atom. The lowest BCUT2D eigenvalue weighted by Crippen LogP contribution is -2.29. The van der Waals surface area contributed by atoms with E-state index in [0.29, 0.717) is 12.8 Å². The second kappa shape index (κ2) is 37.5. The summed E-state index contributed by atoms with van der Waals surface area (Å²) in [6, 6.07) is 0. The minimum Gasteiger partial charge on any atom is -0.462 e. The number of allylic oxidation sites excluding steroid dienone is 10. The van der Waals surface area contributed by atoms with Crippen molar-refractivity contribution >= 4 is 19.8 Å². The Bertz CT molecular complexity index is 1020. The number of rotatable bonds is 36. The third-order valence-electron chi connectivity index (χ3n) is 7.89. The second-order valence-corrected chi connectivity index (χ2v) is 14.2. The summed E-state index contributed by atoms with van der Waals surface area (Å²) in [4.78, 5) is 34.7. The molecule has 294 valence electrons. The molecule has 0 aliphatic carbocycles. The van der Waals surface area contributed by atoms with Crippen LogP contribution < -0.4 is 5.73 Å². The van der Waals surface area contributed by atoms with Gasteiger partial charge in [0.2, 0.25) is 0 Å². The number of carbonyl (C=O) groups is 2. The van der Waals surface area contributed by atoms with E-state index in [1.165, 1.54) is 44.9 Å². The zero-order chi connectivity index (χ0) is 37.5. The number of carbonyl (C=O) groups excluding carboxylic acids is 2. The van der Waals surface area contributed by atoms with Crippen LogP contribution >= 0.6 is 7.82 Å². The molecule has 0 amide bonds. The maximum atomic E-state index is 12.5. The maximum absolute atomic E-state index is 12.5. The maximum Gasteiger partial charge on any atom is 0.472 e. The van der Waals surface area contributed by atoms with Crippen LogP contribution in [0.3, 0.4) is 0 Å². The molecule has 0 spiro atoms. The number of phosphoric ester groups is 1. The van der Waals surface area contributed by atoms with Crippen LogP contribution in [0.15, 0.2) is 60.8 Å². The molecule has 0 aromatic carbocycles. The predicted octanol–water partition coefficient (Wildman–Crippen LogP) is 10.9. The van der Waals surface area contributed by atoms with E-state index in [0.717, 1.165) is 70.6 Å². The summed E-state index contributed by atoms with van der Waals surface area (Å²) in [5, 5.41) is 0. The number of hydrogen-bond donors (Lipinski definition) is 2. The summed E-state index contributed by atoms with van der Waals surface area (Å²) >= 11 is 0. The highest BCUT2D eigenvalue weighted by Gasteiger charge is 2.25. The van der Waals surface area contributed by atoms with E-state index in [9.17, 15) is 19.0 Å². The molecular weight excluding hydrogens is 665 g/mol. The van der Waals surface area contributed by atoms with Crippen LogP contribution in [-0.2, 0) is 32.7 Å². The van der Waals surface area contributed by atoms with Crippen molar-refractivity contribution in [1.29, 1.82) is 0 Å². The molecule has 3 N–H and O–H groups in total. The van der Waals surface area contributed by atoms with Gasteiger partial charge in [-0.05, 0) is 77.0 Å². The molecule has 0 bridgehead atoms. The van der Waals surface area contributed by atoms with Crippen molar-refractivity contribution in [2.45, 2.75) is 161 Å². The first-order chi connectivity index (χ1) is 24.8. The summed E-state index contributed by atoms with van der Waals surface area (Å²) in [6.07, 6.45) is 42.5. The molecule has 10 heteroatoms. The molecule has 0 aromatic rings. The van der Waals surface area contributed by atoms with Gasteiger partial charge in [-0.1, -0.05) is 126 Å². The van der Waals surface area contributed by atoms with Gasteiger partial charge in [-0.15, -0.1) is 0 Å². The van der Waals surface area contributed by atoms with Crippen LogP contribution in [0.4, 0.5) is 0 Å². The molecule has 0 radical (unpaired) electrons. The molecule has 0 saturated carbocycles. The van der Waals surface area contributed by atoms with Gasteiger partial charge >= 0.3 is 19.8 Å². The first-order valence-corrected chi connectivity index (χ1v) is 21.3. The summed E-state index contributed by atoms with van der Waals surface area (Å²) in [7, 11) is -4.39. The molecule has 0 aliphatic rings. The topological polar surface area (TPSA) is 134 Å². The molecule has 0 aliphatic heterocycles. The fraction of sp³-hybridized carbons (Fsp3) is 0.707. The number of esters is 2. The Kier molecular flexibility index (Phi) is 35.8. The van der Waals surface area contributed by atoms with E-state index >= 15 is 0 Å². The van der Waals surface area contributed by atoms with E-state index in [1.807, 2.05) is 0 Å². The molecule has 1 unspecified atom stereocenters. The molecule has 51 heavy (non-hydrogen) atoms. The van der Waals surface area contributed by atoms with Crippen molar-refractivity contribution in [3.8, 4) is 0 Å². The van der Waals surface area contributed by atoms with E-state index in [1.54, 1.807) is 0 Å². The van der Waals surface area contributed by atoms with Crippen molar-refractivity contribution in [2.24, 2.45) is 5.73 Å². The van der Waals surface area contributed by atoms with Crippen molar-refractivity contribution in [3.63, 3.8) is 0 Å². The zero-order valence-corrected chi connectivity index (χ0v) is 33.0. The van der Waals surface area contributed by atoms with Gasteiger partial charge in [0.25, 0.3) is 0 Å². The normalized spacial score (nSPS) is 14.0. The molecule has 0 rings (SSSR count). The number of unbranched alkanes of at least 4 members (excludes halogenated alkanes) is 13. The highest BCUT2D eigenvalue weighted by molar-refractivity contribution is 7.47. The molecule has 2 atom stereocenters. The standard InChI is InChI=1S/C41H72NO8P/c1-3-5-7-9-11-13-15-17-19-21-23-25-27-29-31-33-40(43)47-37-39(38-49-51(45,46)48-36-35-42)50-41(44)34-32-30-28-26-24-22-20-18-16-14-12-10-8-6-4-2/h6,8,12,14,17-20,24,26,39H,3-5,7,9-11,13,15-16,21-23,25,27-38,42H2,1-2H3,(H,45,46)/b8-6+,14-12+,19-17+,20-18+,26-24+/t39-/m1/s1. The lowest BCUT2D eigenvalue weighted by Gasteiger charge is -2.19. The Morgan fingerprint density at radius 3 is 1.67 bits per heavy atom. The smallest absolute Gasteiger partial charge is 0.462 e. The first-order valence-electron chi connectivity index (χ1n) is 19.8. The summed E-state index contributed by atoms with van der Waals surface area (Å²) in [5.41, 5.74) is 5.33. The summed E-state index contributed by atoms with van der Waals surface area (Å²) < 4.78 is 32.6. The van der Waals surface area contributed by atoms with Gasteiger partial charge in [-0.2, -0.15) is 0 Å². The number of ether oxygens (including phenoxy) is 2. The average molecular weight is 738 g/mol. The highest BCUT2D eigenvalue weighted by Crippen LogP contribution is 2.43. The molecule has 0 aromatic heterocycles. The number of phosphoric acid groups is 1. The highest BCUT2D eigenvalue weighted by atomic mass is 31.2. The molecule has 0 saturated heterocycles. The lowest BCUT2D eigenvalue weighted by molar-refractivity contribution is -0.161. The van der Waals surface area contributed by atoms with Crippen molar-refractivity contribution in [1.82, 2.24) is 0 Å². The third-order valence-corrected chi connectivity index (χ3v) is 8.87. The Balaban J connectivity index is 4.30. The van der Waals surface area contributed by atoms with Gasteiger partial charge in [-0.25, -0.2) is 4.57 Å². The lowest BCUT2D eigenvalue weighted by atomic mass is 10.1. The van der Waals surface area contributed by atoms with Gasteiger partial charge in [0.05, 0.1) is 13.2 Å². The van der Waals surface area contributed by atoms with Gasteiger partial charge in [0.1, 0.15) is 6.61 Å².